The first-order valence-electron chi connectivity index (χ1n) is 5.65. The van der Waals surface area contributed by atoms with Gasteiger partial charge in [0.25, 0.3) is 0 Å². The zero-order valence-corrected chi connectivity index (χ0v) is 9.83. The Kier molecular flexibility index (Phi) is 2.45. The molecule has 0 spiro atoms. The van der Waals surface area contributed by atoms with Crippen LogP contribution in [0, 0.1) is 0 Å². The van der Waals surface area contributed by atoms with E-state index in [0.29, 0.717) is 27.5 Å². The van der Waals surface area contributed by atoms with Crippen molar-refractivity contribution in [1.82, 2.24) is 0 Å². The summed E-state index contributed by atoms with van der Waals surface area (Å²) in [6, 6.07) is 11.0. The van der Waals surface area contributed by atoms with Crippen molar-refractivity contribution in [1.29, 1.82) is 0 Å². The largest absolute Gasteiger partial charge is 0.399 e. The highest BCUT2D eigenvalue weighted by Gasteiger charge is 2.12. The number of rotatable bonds is 2. The van der Waals surface area contributed by atoms with Gasteiger partial charge in [-0.1, -0.05) is 12.1 Å². The van der Waals surface area contributed by atoms with E-state index in [1.807, 2.05) is 0 Å². The quantitative estimate of drug-likeness (QED) is 0.635. The number of hydrogen-bond donors (Lipinski definition) is 1. The van der Waals surface area contributed by atoms with E-state index >= 15 is 0 Å². The Hall–Kier alpha value is -2.82. The number of hydrogen-bond acceptors (Lipinski definition) is 3. The third-order valence-corrected chi connectivity index (χ3v) is 2.82. The van der Waals surface area contributed by atoms with Crippen LogP contribution in [0.4, 0.5) is 10.5 Å². The Labute approximate surface area is 108 Å². The van der Waals surface area contributed by atoms with Gasteiger partial charge in [-0.15, -0.1) is 0 Å². The Morgan fingerprint density at radius 2 is 1.68 bits per heavy atom. The van der Waals surface area contributed by atoms with Gasteiger partial charge in [-0.2, -0.15) is 9.98 Å². The van der Waals surface area contributed by atoms with E-state index in [0.717, 1.165) is 0 Å². The van der Waals surface area contributed by atoms with Crippen molar-refractivity contribution in [3.05, 3.63) is 64.3 Å². The van der Waals surface area contributed by atoms with Crippen molar-refractivity contribution < 1.29 is 9.59 Å². The zero-order valence-electron chi connectivity index (χ0n) is 9.83. The molecule has 0 fully saturated rings. The molecule has 2 aromatic carbocycles. The van der Waals surface area contributed by atoms with E-state index in [1.54, 1.807) is 42.5 Å². The van der Waals surface area contributed by atoms with Crippen molar-refractivity contribution in [2.45, 2.75) is 0 Å². The number of anilines is 1. The van der Waals surface area contributed by atoms with Gasteiger partial charge in [0.1, 0.15) is 0 Å². The summed E-state index contributed by atoms with van der Waals surface area (Å²) in [5.74, 6) is -0.162. The van der Waals surface area contributed by atoms with Gasteiger partial charge >= 0.3 is 6.03 Å². The average molecular weight is 251 g/mol. The highest BCUT2D eigenvalue weighted by molar-refractivity contribution is 6.09. The minimum Gasteiger partial charge on any atom is -0.399 e. The maximum absolute atomic E-state index is 12.3. The van der Waals surface area contributed by atoms with Crippen LogP contribution in [0.25, 0.3) is 0 Å². The Morgan fingerprint density at radius 3 is 2.47 bits per heavy atom. The highest BCUT2D eigenvalue weighted by Crippen LogP contribution is 2.11. The first-order chi connectivity index (χ1) is 9.13. The Morgan fingerprint density at radius 1 is 0.947 bits per heavy atom. The number of carbonyl (C=O) groups is 2. The fourth-order valence-electron chi connectivity index (χ4n) is 1.93. The number of nitrogen functional groups attached to an aromatic ring is 1. The molecule has 0 atom stereocenters. The number of ketones is 1. The molecule has 0 aliphatic carbocycles. The number of amides is 2. The van der Waals surface area contributed by atoms with Crippen molar-refractivity contribution >= 4 is 17.5 Å². The second-order valence-electron chi connectivity index (χ2n) is 4.16. The minimum absolute atomic E-state index is 0.162. The highest BCUT2D eigenvalue weighted by atomic mass is 16.2. The fourth-order valence-corrected chi connectivity index (χ4v) is 1.93. The molecule has 2 aromatic rings. The smallest absolute Gasteiger partial charge is 0.368 e. The molecule has 2 amide bonds. The number of urea groups is 1. The van der Waals surface area contributed by atoms with Gasteiger partial charge in [-0.05, 0) is 30.3 Å². The minimum atomic E-state index is -0.538. The van der Waals surface area contributed by atoms with Crippen LogP contribution in [0.3, 0.4) is 0 Å². The fraction of sp³-hybridized carbons (Fsp3) is 0. The number of nitrogens with two attached hydrogens (primary N) is 1. The van der Waals surface area contributed by atoms with Crippen molar-refractivity contribution in [3.63, 3.8) is 0 Å². The summed E-state index contributed by atoms with van der Waals surface area (Å²) < 4.78 is 0. The molecule has 0 saturated heterocycles. The van der Waals surface area contributed by atoms with Gasteiger partial charge in [0.15, 0.2) is 5.78 Å². The molecule has 5 heteroatoms. The van der Waals surface area contributed by atoms with Crippen LogP contribution >= 0.6 is 0 Å². The summed E-state index contributed by atoms with van der Waals surface area (Å²) in [5, 5.41) is 0.925. The standard InChI is InChI=1S/C14H9N3O2/c15-10-3-1-2-8(6-10)13(18)9-4-5-11-12(7-9)17-14(19)16-11/h1-7H,15H2. The molecule has 3 rings (SSSR count). The molecule has 2 N–H and O–H groups in total. The maximum atomic E-state index is 12.3. The molecular formula is C14H9N3O2. The number of carbonyl (C=O) groups excluding carboxylic acids is 2. The molecule has 5 nitrogen and oxygen atoms in total. The maximum Gasteiger partial charge on any atom is 0.368 e. The van der Waals surface area contributed by atoms with Gasteiger partial charge in [0.05, 0.1) is 10.7 Å². The normalized spacial score (nSPS) is 12.5. The van der Waals surface area contributed by atoms with Crippen LogP contribution in [0.15, 0.2) is 52.4 Å². The van der Waals surface area contributed by atoms with Gasteiger partial charge in [0.2, 0.25) is 0 Å². The molecule has 0 aromatic heterocycles. The van der Waals surface area contributed by atoms with Crippen LogP contribution in [0.2, 0.25) is 0 Å². The van der Waals surface area contributed by atoms with E-state index in [4.69, 9.17) is 5.73 Å². The van der Waals surface area contributed by atoms with Crippen LogP contribution in [0.1, 0.15) is 15.9 Å². The molecule has 19 heavy (non-hydrogen) atoms. The first kappa shape index (κ1) is 11.3. The molecule has 1 aliphatic rings. The molecule has 0 radical (unpaired) electrons. The second kappa shape index (κ2) is 4.13. The monoisotopic (exact) mass is 251 g/mol. The number of fused-ring (bicyclic) bond motifs is 1. The lowest BCUT2D eigenvalue weighted by Gasteiger charge is -2.01. The van der Waals surface area contributed by atoms with Crippen LogP contribution in [0.5, 0.6) is 0 Å². The molecule has 1 heterocycles. The van der Waals surface area contributed by atoms with E-state index in [2.05, 4.69) is 9.98 Å². The first-order valence-corrected chi connectivity index (χ1v) is 5.65. The lowest BCUT2D eigenvalue weighted by atomic mass is 10.0. The topological polar surface area (TPSA) is 84.9 Å². The average Bonchev–Trinajstić information content (AvgIpc) is 2.76. The van der Waals surface area contributed by atoms with E-state index in [-0.39, 0.29) is 5.78 Å². The van der Waals surface area contributed by atoms with Gasteiger partial charge < -0.3 is 5.73 Å². The van der Waals surface area contributed by atoms with E-state index < -0.39 is 6.03 Å². The molecule has 1 aliphatic heterocycles. The predicted octanol–water partition coefficient (Wildman–Crippen LogP) is 0.873. The Bertz CT molecular complexity index is 825. The lowest BCUT2D eigenvalue weighted by Crippen LogP contribution is -2.22. The zero-order chi connectivity index (χ0) is 13.4. The third kappa shape index (κ3) is 2.01. The summed E-state index contributed by atoms with van der Waals surface area (Å²) in [4.78, 5) is 30.8. The molecule has 92 valence electrons. The molecular weight excluding hydrogens is 242 g/mol. The van der Waals surface area contributed by atoms with Crippen LogP contribution < -0.4 is 16.4 Å². The summed E-state index contributed by atoms with van der Waals surface area (Å²) in [6.45, 7) is 0. The second-order valence-corrected chi connectivity index (χ2v) is 4.16. The van der Waals surface area contributed by atoms with Crippen LogP contribution in [-0.2, 0) is 0 Å². The van der Waals surface area contributed by atoms with Crippen LogP contribution in [-0.4, -0.2) is 11.8 Å². The van der Waals surface area contributed by atoms with Gasteiger partial charge in [0, 0.05) is 16.8 Å². The predicted molar refractivity (Wildman–Crippen MR) is 68.4 cm³/mol. The van der Waals surface area contributed by atoms with E-state index in [9.17, 15) is 9.59 Å². The van der Waals surface area contributed by atoms with Crippen molar-refractivity contribution in [3.8, 4) is 0 Å². The molecule has 0 unspecified atom stereocenters. The summed E-state index contributed by atoms with van der Waals surface area (Å²) in [6.07, 6.45) is 0. The van der Waals surface area contributed by atoms with Crippen molar-refractivity contribution in [2.75, 3.05) is 5.73 Å². The molecule has 0 saturated carbocycles. The molecule has 0 bridgehead atoms. The summed E-state index contributed by atoms with van der Waals surface area (Å²) >= 11 is 0. The SMILES string of the molecule is Nc1cccc(C(=O)c2ccc3c(c2)=NC(=O)N=3)c1. The lowest BCUT2D eigenvalue weighted by molar-refractivity contribution is 0.103. The third-order valence-electron chi connectivity index (χ3n) is 2.82. The van der Waals surface area contributed by atoms with Gasteiger partial charge in [-0.25, -0.2) is 4.79 Å². The summed E-state index contributed by atoms with van der Waals surface area (Å²) in [5.41, 5.74) is 7.14. The van der Waals surface area contributed by atoms with E-state index in [1.165, 1.54) is 0 Å². The van der Waals surface area contributed by atoms with Crippen molar-refractivity contribution in [2.24, 2.45) is 9.98 Å². The Balaban J connectivity index is 2.08. The number of benzene rings is 2. The summed E-state index contributed by atoms with van der Waals surface area (Å²) in [7, 11) is 0. The van der Waals surface area contributed by atoms with Gasteiger partial charge in [-0.3, -0.25) is 4.79 Å². The number of nitrogens with zero attached hydrogens (tertiary/aromatic N) is 2.